The minimum absolute atomic E-state index is 0.0487. The third-order valence-electron chi connectivity index (χ3n) is 9.07. The van der Waals surface area contributed by atoms with E-state index >= 15 is 8.78 Å². The van der Waals surface area contributed by atoms with Gasteiger partial charge < -0.3 is 19.7 Å². The van der Waals surface area contributed by atoms with E-state index in [9.17, 15) is 19.0 Å². The minimum Gasteiger partial charge on any atom is -0.490 e. The fourth-order valence-corrected chi connectivity index (χ4v) is 6.58. The predicted octanol–water partition coefficient (Wildman–Crippen LogP) is 8.76. The van der Waals surface area contributed by atoms with Crippen LogP contribution in [-0.2, 0) is 4.74 Å². The van der Waals surface area contributed by atoms with E-state index in [0.29, 0.717) is 49.7 Å². The molecular formula is C34H44F4O4. The Labute approximate surface area is 246 Å². The fraction of sp³-hybridized carbons (Fsp3) is 0.588. The predicted molar refractivity (Wildman–Crippen MR) is 154 cm³/mol. The zero-order chi connectivity index (χ0) is 30.2. The highest BCUT2D eigenvalue weighted by molar-refractivity contribution is 5.33. The van der Waals surface area contributed by atoms with Crippen LogP contribution in [0.25, 0.3) is 0 Å². The molecule has 4 rings (SSSR count). The molecule has 2 unspecified atom stereocenters. The maximum atomic E-state index is 15.3. The van der Waals surface area contributed by atoms with Crippen molar-refractivity contribution in [2.45, 2.75) is 114 Å². The summed E-state index contributed by atoms with van der Waals surface area (Å²) in [6.45, 7) is 5.86. The Morgan fingerprint density at radius 2 is 1.43 bits per heavy atom. The Morgan fingerprint density at radius 3 is 2.00 bits per heavy atom. The summed E-state index contributed by atoms with van der Waals surface area (Å²) in [7, 11) is 0. The lowest BCUT2D eigenvalue weighted by atomic mass is 9.75. The van der Waals surface area contributed by atoms with Crippen LogP contribution in [0.15, 0.2) is 36.9 Å². The van der Waals surface area contributed by atoms with Gasteiger partial charge in [-0.3, -0.25) is 0 Å². The molecule has 2 atom stereocenters. The van der Waals surface area contributed by atoms with E-state index < -0.39 is 35.7 Å². The molecule has 0 bridgehead atoms. The Balaban J connectivity index is 1.31. The molecule has 0 spiro atoms. The number of aliphatic hydroxyl groups is 2. The van der Waals surface area contributed by atoms with Crippen LogP contribution in [0.4, 0.5) is 17.6 Å². The van der Waals surface area contributed by atoms with Gasteiger partial charge in [-0.05, 0) is 112 Å². The normalized spacial score (nSPS) is 24.3. The van der Waals surface area contributed by atoms with Gasteiger partial charge in [0.1, 0.15) is 0 Å². The van der Waals surface area contributed by atoms with E-state index in [0.717, 1.165) is 38.5 Å². The van der Waals surface area contributed by atoms with Crippen molar-refractivity contribution in [3.63, 3.8) is 0 Å². The lowest BCUT2D eigenvalue weighted by molar-refractivity contribution is -0.150. The first-order valence-electron chi connectivity index (χ1n) is 15.5. The molecule has 0 amide bonds. The van der Waals surface area contributed by atoms with E-state index in [1.54, 1.807) is 18.2 Å². The van der Waals surface area contributed by atoms with Crippen LogP contribution in [0, 0.1) is 29.2 Å². The first-order chi connectivity index (χ1) is 20.2. The third kappa shape index (κ3) is 7.74. The van der Waals surface area contributed by atoms with Crippen molar-refractivity contribution in [2.24, 2.45) is 5.92 Å². The molecule has 8 heteroatoms. The van der Waals surface area contributed by atoms with Crippen molar-refractivity contribution in [1.82, 2.24) is 0 Å². The van der Waals surface area contributed by atoms with E-state index in [2.05, 4.69) is 6.58 Å². The van der Waals surface area contributed by atoms with Gasteiger partial charge in [-0.25, -0.2) is 13.2 Å². The first-order valence-corrected chi connectivity index (χ1v) is 15.5. The van der Waals surface area contributed by atoms with Crippen molar-refractivity contribution in [2.75, 3.05) is 6.61 Å². The largest absolute Gasteiger partial charge is 0.490 e. The maximum Gasteiger partial charge on any atom is 0.201 e. The Morgan fingerprint density at radius 1 is 0.833 bits per heavy atom. The lowest BCUT2D eigenvalue weighted by Crippen LogP contribution is -2.26. The van der Waals surface area contributed by atoms with Crippen LogP contribution in [0.2, 0.25) is 0 Å². The second-order valence-electron chi connectivity index (χ2n) is 11.9. The van der Waals surface area contributed by atoms with Crippen molar-refractivity contribution in [3.8, 4) is 5.75 Å². The molecule has 2 aliphatic rings. The number of hydrogen-bond donors (Lipinski definition) is 2. The van der Waals surface area contributed by atoms with E-state index in [4.69, 9.17) is 9.47 Å². The molecular weight excluding hydrogens is 548 g/mol. The Bertz CT molecular complexity index is 1170. The van der Waals surface area contributed by atoms with Crippen LogP contribution in [0.5, 0.6) is 5.75 Å². The second kappa shape index (κ2) is 15.3. The van der Waals surface area contributed by atoms with Crippen LogP contribution in [-0.4, -0.2) is 29.0 Å². The molecule has 0 radical (unpaired) electrons. The van der Waals surface area contributed by atoms with Gasteiger partial charge in [0.15, 0.2) is 29.5 Å². The van der Waals surface area contributed by atoms with Crippen molar-refractivity contribution in [3.05, 3.63) is 76.9 Å². The molecule has 0 aromatic heterocycles. The van der Waals surface area contributed by atoms with Gasteiger partial charge in [0, 0.05) is 5.56 Å². The third-order valence-corrected chi connectivity index (χ3v) is 9.07. The minimum atomic E-state index is -1.66. The summed E-state index contributed by atoms with van der Waals surface area (Å²) >= 11 is 0. The van der Waals surface area contributed by atoms with Gasteiger partial charge in [0.2, 0.25) is 5.82 Å². The highest BCUT2D eigenvalue weighted by atomic mass is 19.2. The topological polar surface area (TPSA) is 58.9 Å². The quantitative estimate of drug-likeness (QED) is 0.106. The first kappa shape index (κ1) is 32.5. The molecule has 0 aliphatic heterocycles. The molecule has 2 fully saturated rings. The van der Waals surface area contributed by atoms with Crippen LogP contribution in [0.3, 0.4) is 0 Å². The summed E-state index contributed by atoms with van der Waals surface area (Å²) in [5, 5.41) is 20.8. The summed E-state index contributed by atoms with van der Waals surface area (Å²) in [5.74, 6) is -4.22. The zero-order valence-electron chi connectivity index (χ0n) is 24.5. The number of halogens is 4. The summed E-state index contributed by atoms with van der Waals surface area (Å²) in [6, 6.07) is 5.94. The van der Waals surface area contributed by atoms with Crippen LogP contribution in [0.1, 0.15) is 119 Å². The van der Waals surface area contributed by atoms with Gasteiger partial charge in [0.05, 0.1) is 18.8 Å². The molecule has 0 saturated heterocycles. The number of allylic oxidation sites excluding steroid dienone is 1. The number of unbranched alkanes of at least 4 members (excludes halogenated alkanes) is 1. The summed E-state index contributed by atoms with van der Waals surface area (Å²) in [6.07, 6.45) is 7.36. The number of rotatable bonds is 13. The van der Waals surface area contributed by atoms with Crippen molar-refractivity contribution >= 4 is 0 Å². The molecule has 2 saturated carbocycles. The zero-order valence-corrected chi connectivity index (χ0v) is 24.5. The SMILES string of the molecule is C=CCCCOc1ccc(C(O)OC2CCC(c3ccc(C4CCC(C(O)CCC)CC4)c(F)c3F)CC2)c(F)c1F. The molecule has 2 aromatic carbocycles. The average molecular weight is 593 g/mol. The highest BCUT2D eigenvalue weighted by Gasteiger charge is 2.32. The van der Waals surface area contributed by atoms with Crippen molar-refractivity contribution < 1.29 is 37.2 Å². The summed E-state index contributed by atoms with van der Waals surface area (Å²) in [5.41, 5.74) is 0.451. The van der Waals surface area contributed by atoms with E-state index in [1.165, 1.54) is 12.1 Å². The lowest BCUT2D eigenvalue weighted by Gasteiger charge is -2.33. The van der Waals surface area contributed by atoms with Gasteiger partial charge in [-0.15, -0.1) is 6.58 Å². The molecule has 2 aromatic rings. The Kier molecular flexibility index (Phi) is 11.9. The standard InChI is InChI=1S/C34H44F4O4/c1-3-5-6-20-41-29-19-18-27(32(37)33(29)38)34(40)42-24-14-12-22(13-15-24)26-17-16-25(30(35)31(26)36)21-8-10-23(11-9-21)28(39)7-4-2/h3,16-19,21-24,28,34,39-40H,1,4-15,20H2,2H3. The smallest absolute Gasteiger partial charge is 0.201 e. The van der Waals surface area contributed by atoms with Crippen molar-refractivity contribution in [1.29, 1.82) is 0 Å². The van der Waals surface area contributed by atoms with Gasteiger partial charge in [-0.2, -0.15) is 4.39 Å². The monoisotopic (exact) mass is 592 g/mol. The van der Waals surface area contributed by atoms with Crippen LogP contribution >= 0.6 is 0 Å². The van der Waals surface area contributed by atoms with Gasteiger partial charge >= 0.3 is 0 Å². The molecule has 42 heavy (non-hydrogen) atoms. The average Bonchev–Trinajstić information content (AvgIpc) is 2.99. The number of hydrogen-bond acceptors (Lipinski definition) is 4. The molecule has 2 aliphatic carbocycles. The van der Waals surface area contributed by atoms with Crippen LogP contribution < -0.4 is 4.74 Å². The maximum absolute atomic E-state index is 15.3. The summed E-state index contributed by atoms with van der Waals surface area (Å²) < 4.78 is 70.6. The van der Waals surface area contributed by atoms with E-state index in [1.807, 2.05) is 6.92 Å². The highest BCUT2D eigenvalue weighted by Crippen LogP contribution is 2.42. The Hall–Kier alpha value is -2.42. The summed E-state index contributed by atoms with van der Waals surface area (Å²) in [4.78, 5) is 0. The number of benzene rings is 2. The fourth-order valence-electron chi connectivity index (χ4n) is 6.58. The number of ether oxygens (including phenoxy) is 2. The van der Waals surface area contributed by atoms with E-state index in [-0.39, 0.29) is 41.8 Å². The molecule has 2 N–H and O–H groups in total. The molecule has 4 nitrogen and oxygen atoms in total. The molecule has 0 heterocycles. The second-order valence-corrected chi connectivity index (χ2v) is 11.9. The number of aliphatic hydroxyl groups excluding tert-OH is 2. The van der Waals surface area contributed by atoms with Gasteiger partial charge in [0.25, 0.3) is 0 Å². The van der Waals surface area contributed by atoms with Gasteiger partial charge in [-0.1, -0.05) is 31.6 Å². The molecule has 232 valence electrons.